The molecule has 0 radical (unpaired) electrons. The topological polar surface area (TPSA) is 95.7 Å². The predicted molar refractivity (Wildman–Crippen MR) is 77.9 cm³/mol. The maximum Gasteiger partial charge on any atom is 0.253 e. The van der Waals surface area contributed by atoms with Gasteiger partial charge in [0.15, 0.2) is 0 Å². The summed E-state index contributed by atoms with van der Waals surface area (Å²) in [5.74, 6) is -0.206. The van der Waals surface area contributed by atoms with Crippen molar-refractivity contribution in [3.8, 4) is 6.07 Å². The molecular weight excluding hydrogens is 282 g/mol. The average molecular weight is 299 g/mol. The van der Waals surface area contributed by atoms with E-state index in [0.717, 1.165) is 18.4 Å². The van der Waals surface area contributed by atoms with Crippen LogP contribution in [0.4, 0.5) is 0 Å². The number of nitrogens with zero attached hydrogens (tertiary/aromatic N) is 3. The van der Waals surface area contributed by atoms with E-state index in [1.165, 1.54) is 12.3 Å². The second kappa shape index (κ2) is 6.03. The van der Waals surface area contributed by atoms with Crippen molar-refractivity contribution < 1.29 is 9.53 Å². The average Bonchev–Trinajstić information content (AvgIpc) is 3.16. The molecule has 2 atom stereocenters. The highest BCUT2D eigenvalue weighted by atomic mass is 16.5. The van der Waals surface area contributed by atoms with Crippen molar-refractivity contribution in [2.45, 2.75) is 25.0 Å². The van der Waals surface area contributed by atoms with E-state index in [0.29, 0.717) is 17.9 Å². The first-order valence-electron chi connectivity index (χ1n) is 7.17. The molecule has 22 heavy (non-hydrogen) atoms. The fourth-order valence-corrected chi connectivity index (χ4v) is 2.69. The highest BCUT2D eigenvalue weighted by Crippen LogP contribution is 2.28. The molecule has 1 amide bonds. The Kier molecular flexibility index (Phi) is 3.94. The van der Waals surface area contributed by atoms with Crippen molar-refractivity contribution in [1.82, 2.24) is 20.1 Å². The fourth-order valence-electron chi connectivity index (χ4n) is 2.69. The van der Waals surface area contributed by atoms with Crippen LogP contribution in [0.15, 0.2) is 24.7 Å². The van der Waals surface area contributed by atoms with Crippen LogP contribution in [0, 0.1) is 11.3 Å². The van der Waals surface area contributed by atoms with E-state index >= 15 is 0 Å². The summed E-state index contributed by atoms with van der Waals surface area (Å²) in [5, 5.41) is 16.0. The Hall–Kier alpha value is -2.59. The molecule has 2 aromatic heterocycles. The molecule has 0 saturated carbocycles. The van der Waals surface area contributed by atoms with E-state index < -0.39 is 0 Å². The van der Waals surface area contributed by atoms with Gasteiger partial charge >= 0.3 is 0 Å². The second-order valence-corrected chi connectivity index (χ2v) is 5.37. The number of amides is 1. The fraction of sp³-hybridized carbons (Fsp3) is 0.400. The number of nitriles is 1. The van der Waals surface area contributed by atoms with E-state index in [-0.39, 0.29) is 18.1 Å². The Labute approximate surface area is 127 Å². The van der Waals surface area contributed by atoms with Gasteiger partial charge in [0.2, 0.25) is 0 Å². The third kappa shape index (κ3) is 2.87. The number of carbonyl (C=O) groups is 1. The Balaban J connectivity index is 1.74. The Bertz CT molecular complexity index is 712. The molecule has 7 heteroatoms. The summed E-state index contributed by atoms with van der Waals surface area (Å²) >= 11 is 0. The lowest BCUT2D eigenvalue weighted by Crippen LogP contribution is -2.42. The van der Waals surface area contributed by atoms with Crippen LogP contribution in [0.1, 0.15) is 40.6 Å². The van der Waals surface area contributed by atoms with Crippen molar-refractivity contribution in [1.29, 1.82) is 5.26 Å². The molecule has 1 aliphatic rings. The molecule has 0 spiro atoms. The van der Waals surface area contributed by atoms with Gasteiger partial charge in [-0.15, -0.1) is 0 Å². The third-order valence-electron chi connectivity index (χ3n) is 3.76. The number of ether oxygens (including phenoxy) is 1. The van der Waals surface area contributed by atoms with E-state index in [9.17, 15) is 4.79 Å². The lowest BCUT2D eigenvalue weighted by atomic mass is 9.98. The van der Waals surface area contributed by atoms with E-state index in [1.807, 2.05) is 19.3 Å². The maximum atomic E-state index is 12.3. The van der Waals surface area contributed by atoms with Gasteiger partial charge in [-0.3, -0.25) is 9.48 Å². The van der Waals surface area contributed by atoms with Gasteiger partial charge in [0.25, 0.3) is 5.91 Å². The molecule has 0 unspecified atom stereocenters. The highest BCUT2D eigenvalue weighted by molar-refractivity contribution is 5.94. The molecule has 1 fully saturated rings. The summed E-state index contributed by atoms with van der Waals surface area (Å²) in [5.41, 5.74) is 1.78. The van der Waals surface area contributed by atoms with Gasteiger partial charge in [0.05, 0.1) is 17.8 Å². The van der Waals surface area contributed by atoms with Crippen LogP contribution in [0.2, 0.25) is 0 Å². The summed E-state index contributed by atoms with van der Waals surface area (Å²) in [6.07, 6.45) is 6.76. The number of hydrogen-bond donors (Lipinski definition) is 2. The zero-order valence-corrected chi connectivity index (χ0v) is 12.2. The SMILES string of the molecule is Cn1cc([C@H]2OCCC[C@@H]2NC(=O)c2c[nH]c(C#N)c2)cn1. The summed E-state index contributed by atoms with van der Waals surface area (Å²) in [4.78, 5) is 15.1. The minimum Gasteiger partial charge on any atom is -0.371 e. The summed E-state index contributed by atoms with van der Waals surface area (Å²) in [6.45, 7) is 0.675. The van der Waals surface area contributed by atoms with Gasteiger partial charge in [-0.2, -0.15) is 10.4 Å². The molecule has 0 aliphatic carbocycles. The van der Waals surface area contributed by atoms with Crippen LogP contribution in [0.5, 0.6) is 0 Å². The molecule has 3 heterocycles. The largest absolute Gasteiger partial charge is 0.371 e. The molecule has 0 bridgehead atoms. The molecular formula is C15H17N5O2. The van der Waals surface area contributed by atoms with Crippen LogP contribution in [-0.2, 0) is 11.8 Å². The molecule has 1 aliphatic heterocycles. The third-order valence-corrected chi connectivity index (χ3v) is 3.76. The molecule has 114 valence electrons. The maximum absolute atomic E-state index is 12.3. The van der Waals surface area contributed by atoms with Gasteiger partial charge in [-0.1, -0.05) is 0 Å². The quantitative estimate of drug-likeness (QED) is 0.892. The van der Waals surface area contributed by atoms with Gasteiger partial charge in [0, 0.05) is 31.6 Å². The first kappa shape index (κ1) is 14.4. The number of aromatic amines is 1. The van der Waals surface area contributed by atoms with Crippen LogP contribution in [0.25, 0.3) is 0 Å². The zero-order chi connectivity index (χ0) is 15.5. The Morgan fingerprint density at radius 3 is 3.18 bits per heavy atom. The van der Waals surface area contributed by atoms with Gasteiger partial charge < -0.3 is 15.0 Å². The van der Waals surface area contributed by atoms with E-state index in [2.05, 4.69) is 15.4 Å². The molecule has 1 saturated heterocycles. The van der Waals surface area contributed by atoms with Crippen molar-refractivity contribution in [2.75, 3.05) is 6.61 Å². The molecule has 3 rings (SSSR count). The monoisotopic (exact) mass is 299 g/mol. The van der Waals surface area contributed by atoms with E-state index in [4.69, 9.17) is 10.00 Å². The lowest BCUT2D eigenvalue weighted by molar-refractivity contribution is -0.00949. The zero-order valence-electron chi connectivity index (χ0n) is 12.2. The van der Waals surface area contributed by atoms with Gasteiger partial charge in [-0.25, -0.2) is 0 Å². The molecule has 7 nitrogen and oxygen atoms in total. The van der Waals surface area contributed by atoms with Crippen LogP contribution in [0.3, 0.4) is 0 Å². The number of H-pyrrole nitrogens is 1. The number of rotatable bonds is 3. The normalized spacial score (nSPS) is 21.3. The second-order valence-electron chi connectivity index (χ2n) is 5.37. The van der Waals surface area contributed by atoms with Crippen LogP contribution >= 0.6 is 0 Å². The summed E-state index contributed by atoms with van der Waals surface area (Å²) in [7, 11) is 1.85. The first-order valence-corrected chi connectivity index (χ1v) is 7.17. The Morgan fingerprint density at radius 2 is 2.50 bits per heavy atom. The number of nitrogens with one attached hydrogen (secondary N) is 2. The molecule has 2 N–H and O–H groups in total. The number of aromatic nitrogens is 3. The van der Waals surface area contributed by atoms with Crippen molar-refractivity contribution in [2.24, 2.45) is 7.05 Å². The van der Waals surface area contributed by atoms with Crippen molar-refractivity contribution >= 4 is 5.91 Å². The van der Waals surface area contributed by atoms with Gasteiger partial charge in [0.1, 0.15) is 17.9 Å². The Morgan fingerprint density at radius 1 is 1.64 bits per heavy atom. The summed E-state index contributed by atoms with van der Waals surface area (Å²) < 4.78 is 7.54. The van der Waals surface area contributed by atoms with E-state index in [1.54, 1.807) is 10.9 Å². The lowest BCUT2D eigenvalue weighted by Gasteiger charge is -2.31. The number of aryl methyl sites for hydroxylation is 1. The van der Waals surface area contributed by atoms with Crippen molar-refractivity contribution in [3.05, 3.63) is 41.5 Å². The number of hydrogen-bond acceptors (Lipinski definition) is 4. The standard InChI is InChI=1S/C15H17N5O2/c1-20-9-11(8-18-20)14-13(3-2-4-22-14)19-15(21)10-5-12(6-16)17-7-10/h5,7-9,13-14,17H,2-4H2,1H3,(H,19,21)/t13-,14+/m0/s1. The highest BCUT2D eigenvalue weighted by Gasteiger charge is 2.30. The number of carbonyl (C=O) groups excluding carboxylic acids is 1. The van der Waals surface area contributed by atoms with Crippen molar-refractivity contribution in [3.63, 3.8) is 0 Å². The van der Waals surface area contributed by atoms with Gasteiger partial charge in [-0.05, 0) is 18.9 Å². The van der Waals surface area contributed by atoms with Crippen LogP contribution in [-0.4, -0.2) is 33.3 Å². The smallest absolute Gasteiger partial charge is 0.253 e. The van der Waals surface area contributed by atoms with Crippen LogP contribution < -0.4 is 5.32 Å². The molecule has 2 aromatic rings. The minimum absolute atomic E-state index is 0.106. The first-order chi connectivity index (χ1) is 10.7. The predicted octanol–water partition coefficient (Wildman–Crippen LogP) is 1.27. The minimum atomic E-state index is -0.206. The molecule has 0 aromatic carbocycles. The summed E-state index contributed by atoms with van der Waals surface area (Å²) in [6, 6.07) is 3.41.